The zero-order valence-electron chi connectivity index (χ0n) is 16.7. The van der Waals surface area contributed by atoms with Crippen molar-refractivity contribution in [3.63, 3.8) is 0 Å². The monoisotopic (exact) mass is 481 g/mol. The van der Waals surface area contributed by atoms with Gasteiger partial charge in [-0.3, -0.25) is 0 Å². The van der Waals surface area contributed by atoms with Gasteiger partial charge in [0.15, 0.2) is 0 Å². The average Bonchev–Trinajstić information content (AvgIpc) is 3.55. The van der Waals surface area contributed by atoms with Crippen molar-refractivity contribution < 1.29 is 9.90 Å². The number of anilines is 1. The molecular formula is C21H20BrN7O2. The van der Waals surface area contributed by atoms with E-state index in [1.54, 1.807) is 18.3 Å². The van der Waals surface area contributed by atoms with Crippen molar-refractivity contribution in [2.45, 2.75) is 31.3 Å². The molecule has 0 aliphatic heterocycles. The number of rotatable bonds is 7. The largest absolute Gasteiger partial charge is 0.478 e. The third-order valence-corrected chi connectivity index (χ3v) is 6.33. The summed E-state index contributed by atoms with van der Waals surface area (Å²) in [5, 5.41) is 24.4. The molecule has 0 aromatic carbocycles. The second-order valence-corrected chi connectivity index (χ2v) is 8.57. The molecular weight excluding hydrogens is 462 g/mol. The van der Waals surface area contributed by atoms with Crippen molar-refractivity contribution in [1.29, 1.82) is 0 Å². The number of hydrogen-bond acceptors (Lipinski definition) is 6. The molecule has 31 heavy (non-hydrogen) atoms. The Morgan fingerprint density at radius 1 is 1.48 bits per heavy atom. The minimum absolute atomic E-state index is 0.106. The first kappa shape index (κ1) is 19.7. The van der Waals surface area contributed by atoms with Gasteiger partial charge in [-0.05, 0) is 57.8 Å². The highest BCUT2D eigenvalue weighted by atomic mass is 79.9. The first-order valence-electron chi connectivity index (χ1n) is 10.0. The molecule has 3 aromatic heterocycles. The lowest BCUT2D eigenvalue weighted by Crippen LogP contribution is -2.50. The summed E-state index contributed by atoms with van der Waals surface area (Å²) in [6.07, 6.45) is 11.8. The summed E-state index contributed by atoms with van der Waals surface area (Å²) in [4.78, 5) is 18.6. The summed E-state index contributed by atoms with van der Waals surface area (Å²) in [6, 6.07) is 5.13. The fourth-order valence-corrected chi connectivity index (χ4v) is 5.14. The normalized spacial score (nSPS) is 21.5. The molecule has 5 rings (SSSR count). The standard InChI is InChI=1S/C21H20BrN7O2/c1-2-10-28(19-15(20(30)31)4-3-9-23-19)17-13-5-7-21(17,8-6-13)29-12-14(22)11-16(29)18-24-26-27-25-18/h3-7,9,11-12,17H,2,8,10H2,1H3,(H,30,31)(H,24,25,26,27). The van der Waals surface area contributed by atoms with Gasteiger partial charge in [-0.2, -0.15) is 5.21 Å². The average molecular weight is 482 g/mol. The number of pyridine rings is 1. The van der Waals surface area contributed by atoms with Crippen LogP contribution in [0.5, 0.6) is 0 Å². The van der Waals surface area contributed by atoms with Crippen LogP contribution in [0, 0.1) is 0 Å². The second-order valence-electron chi connectivity index (χ2n) is 7.66. The quantitative estimate of drug-likeness (QED) is 0.531. The Balaban J connectivity index is 1.67. The number of H-pyrrole nitrogens is 1. The van der Waals surface area contributed by atoms with Crippen molar-refractivity contribution in [2.24, 2.45) is 0 Å². The van der Waals surface area contributed by atoms with Gasteiger partial charge >= 0.3 is 5.97 Å². The van der Waals surface area contributed by atoms with Crippen LogP contribution in [-0.2, 0) is 5.54 Å². The Kier molecular flexibility index (Phi) is 4.73. The van der Waals surface area contributed by atoms with E-state index in [1.165, 1.54) is 0 Å². The number of nitrogens with one attached hydrogen (secondary N) is 1. The molecule has 0 spiro atoms. The molecule has 2 N–H and O–H groups in total. The molecule has 2 aliphatic rings. The zero-order chi connectivity index (χ0) is 21.6. The number of halogens is 1. The third-order valence-electron chi connectivity index (χ3n) is 5.89. The van der Waals surface area contributed by atoms with Gasteiger partial charge in [-0.15, -0.1) is 10.2 Å². The van der Waals surface area contributed by atoms with E-state index in [-0.39, 0.29) is 11.6 Å². The van der Waals surface area contributed by atoms with Gasteiger partial charge in [-0.1, -0.05) is 25.2 Å². The Bertz CT molecular complexity index is 1200. The number of aromatic carboxylic acids is 1. The number of carboxylic acid groups (broad SMARTS) is 1. The Hall–Kier alpha value is -3.27. The van der Waals surface area contributed by atoms with Crippen molar-refractivity contribution in [2.75, 3.05) is 11.4 Å². The molecule has 2 unspecified atom stereocenters. The molecule has 0 fully saturated rings. The van der Waals surface area contributed by atoms with Gasteiger partial charge in [0, 0.05) is 23.4 Å². The Labute approximate surface area is 186 Å². The predicted octanol–water partition coefficient (Wildman–Crippen LogP) is 3.40. The molecule has 9 nitrogen and oxygen atoms in total. The van der Waals surface area contributed by atoms with Crippen molar-refractivity contribution in [3.05, 3.63) is 64.4 Å². The second kappa shape index (κ2) is 7.45. The van der Waals surface area contributed by atoms with Gasteiger partial charge in [0.05, 0.1) is 17.3 Å². The number of hydrogen-bond donors (Lipinski definition) is 2. The van der Waals surface area contributed by atoms with Crippen LogP contribution in [0.25, 0.3) is 11.5 Å². The maximum Gasteiger partial charge on any atom is 0.339 e. The van der Waals surface area contributed by atoms with E-state index in [9.17, 15) is 9.90 Å². The smallest absolute Gasteiger partial charge is 0.339 e. The van der Waals surface area contributed by atoms with Crippen LogP contribution < -0.4 is 4.90 Å². The first-order chi connectivity index (χ1) is 15.0. The Morgan fingerprint density at radius 3 is 3.03 bits per heavy atom. The number of nitrogens with zero attached hydrogens (tertiary/aromatic N) is 6. The highest BCUT2D eigenvalue weighted by Gasteiger charge is 2.51. The molecule has 0 radical (unpaired) electrons. The molecule has 3 heterocycles. The maximum atomic E-state index is 12.0. The van der Waals surface area contributed by atoms with Crippen LogP contribution in [0.1, 0.15) is 30.1 Å². The van der Waals surface area contributed by atoms with Crippen LogP contribution in [0.15, 0.2) is 58.9 Å². The lowest BCUT2D eigenvalue weighted by atomic mass is 9.91. The molecule has 3 aromatic rings. The summed E-state index contributed by atoms with van der Waals surface area (Å²) in [6.45, 7) is 2.75. The minimum atomic E-state index is -0.985. The van der Waals surface area contributed by atoms with Gasteiger partial charge < -0.3 is 14.6 Å². The number of aromatic amines is 1. The van der Waals surface area contributed by atoms with Crippen molar-refractivity contribution >= 4 is 27.7 Å². The third kappa shape index (κ3) is 3.01. The molecule has 2 atom stereocenters. The molecule has 158 valence electrons. The minimum Gasteiger partial charge on any atom is -0.478 e. The van der Waals surface area contributed by atoms with E-state index in [1.807, 2.05) is 12.3 Å². The summed E-state index contributed by atoms with van der Waals surface area (Å²) in [5.74, 6) is -0.00420. The fourth-order valence-electron chi connectivity index (χ4n) is 4.72. The Morgan fingerprint density at radius 2 is 2.35 bits per heavy atom. The van der Waals surface area contributed by atoms with Gasteiger partial charge in [0.25, 0.3) is 0 Å². The number of tetrazole rings is 1. The lowest BCUT2D eigenvalue weighted by molar-refractivity contribution is 0.0697. The predicted molar refractivity (Wildman–Crippen MR) is 118 cm³/mol. The maximum absolute atomic E-state index is 12.0. The number of fused-ring (bicyclic) bond motifs is 2. The molecule has 0 saturated carbocycles. The number of allylic oxidation sites excluding steroid dienone is 1. The highest BCUT2D eigenvalue weighted by Crippen LogP contribution is 2.49. The summed E-state index contributed by atoms with van der Waals surface area (Å²) < 4.78 is 3.06. The van der Waals surface area contributed by atoms with Gasteiger partial charge in [0.1, 0.15) is 11.4 Å². The molecule has 10 heteroatoms. The summed E-state index contributed by atoms with van der Waals surface area (Å²) >= 11 is 3.59. The SMILES string of the molecule is CCCN(c1ncccc1C(=O)O)C1C2=CCC1(n1cc(Br)cc1-c1nn[nH]n1)C=C2. The number of carbonyl (C=O) groups is 1. The number of aromatic nitrogens is 6. The fraction of sp³-hybridized carbons (Fsp3) is 0.286. The topological polar surface area (TPSA) is 113 Å². The van der Waals surface area contributed by atoms with Crippen LogP contribution in [0.4, 0.5) is 5.82 Å². The molecule has 0 saturated heterocycles. The van der Waals surface area contributed by atoms with E-state index >= 15 is 0 Å². The lowest BCUT2D eigenvalue weighted by Gasteiger charge is -2.41. The van der Waals surface area contributed by atoms with E-state index in [0.29, 0.717) is 18.2 Å². The zero-order valence-corrected chi connectivity index (χ0v) is 18.3. The van der Waals surface area contributed by atoms with E-state index < -0.39 is 11.5 Å². The summed E-state index contributed by atoms with van der Waals surface area (Å²) in [5.41, 5.74) is 1.71. The first-order valence-corrected chi connectivity index (χ1v) is 10.8. The van der Waals surface area contributed by atoms with E-state index in [0.717, 1.165) is 28.6 Å². The van der Waals surface area contributed by atoms with Crippen molar-refractivity contribution in [1.82, 2.24) is 30.2 Å². The number of carboxylic acids is 1. The van der Waals surface area contributed by atoms with E-state index in [4.69, 9.17) is 0 Å². The van der Waals surface area contributed by atoms with Crippen molar-refractivity contribution in [3.8, 4) is 11.5 Å². The van der Waals surface area contributed by atoms with Crippen LogP contribution in [0.2, 0.25) is 0 Å². The van der Waals surface area contributed by atoms with Gasteiger partial charge in [-0.25, -0.2) is 9.78 Å². The van der Waals surface area contributed by atoms with Crippen LogP contribution in [-0.4, -0.2) is 53.8 Å². The molecule has 2 bridgehead atoms. The highest BCUT2D eigenvalue weighted by molar-refractivity contribution is 9.10. The van der Waals surface area contributed by atoms with Crippen LogP contribution in [0.3, 0.4) is 0 Å². The van der Waals surface area contributed by atoms with Gasteiger partial charge in [0.2, 0.25) is 5.82 Å². The molecule has 2 aliphatic carbocycles. The summed E-state index contributed by atoms with van der Waals surface area (Å²) in [7, 11) is 0. The van der Waals surface area contributed by atoms with Crippen LogP contribution >= 0.6 is 15.9 Å². The molecule has 0 amide bonds. The van der Waals surface area contributed by atoms with E-state index in [2.05, 4.69) is 76.2 Å².